The fraction of sp³-hybridized carbons (Fsp3) is 0.545. The van der Waals surface area contributed by atoms with Gasteiger partial charge in [0.1, 0.15) is 24.4 Å². The van der Waals surface area contributed by atoms with E-state index in [1.54, 1.807) is 0 Å². The van der Waals surface area contributed by atoms with Gasteiger partial charge in [-0.2, -0.15) is 4.98 Å². The lowest BCUT2D eigenvalue weighted by molar-refractivity contribution is -0.0609. The van der Waals surface area contributed by atoms with Crippen LogP contribution < -0.4 is 16.9 Å². The van der Waals surface area contributed by atoms with Gasteiger partial charge in [0, 0.05) is 6.42 Å². The monoisotopic (exact) mass is 753 g/mol. The number of aromatic amines is 2. The molecule has 4 aliphatic rings. The summed E-state index contributed by atoms with van der Waals surface area (Å²) in [4.78, 5) is 67.8. The third-order valence-corrected chi connectivity index (χ3v) is 11.8. The van der Waals surface area contributed by atoms with Gasteiger partial charge in [0.05, 0.1) is 43.7 Å². The third-order valence-electron chi connectivity index (χ3n) is 8.68. The van der Waals surface area contributed by atoms with Gasteiger partial charge in [0.25, 0.3) is 17.0 Å². The number of aliphatic hydroxyl groups is 1. The predicted octanol–water partition coefficient (Wildman–Crippen LogP) is -0.733. The van der Waals surface area contributed by atoms with Crippen molar-refractivity contribution in [2.75, 3.05) is 18.9 Å². The zero-order chi connectivity index (χ0) is 34.0. The Morgan fingerprint density at radius 1 is 0.958 bits per heavy atom. The highest BCUT2D eigenvalue weighted by atomic mass is 32.5. The summed E-state index contributed by atoms with van der Waals surface area (Å²) in [6.45, 7) is -10.3. The van der Waals surface area contributed by atoms with Crippen molar-refractivity contribution in [3.05, 3.63) is 39.7 Å². The lowest BCUT2D eigenvalue weighted by atomic mass is 9.94. The Morgan fingerprint density at radius 3 is 2.31 bits per heavy atom. The molecule has 0 amide bonds. The number of nitrogens with two attached hydrogens (primary N) is 1. The number of hydrogen-bond donors (Lipinski definition) is 6. The molecule has 7 heterocycles. The molecule has 2 bridgehead atoms. The molecule has 4 fully saturated rings. The highest BCUT2D eigenvalue weighted by molar-refractivity contribution is 8.07. The molecule has 1 aliphatic carbocycles. The highest BCUT2D eigenvalue weighted by Gasteiger charge is 2.83. The fourth-order valence-corrected chi connectivity index (χ4v) is 9.28. The molecule has 258 valence electrons. The van der Waals surface area contributed by atoms with E-state index in [1.165, 1.54) is 9.13 Å². The lowest BCUT2D eigenvalue weighted by Crippen LogP contribution is -2.37. The van der Waals surface area contributed by atoms with Crippen LogP contribution in [0.1, 0.15) is 18.9 Å². The second kappa shape index (κ2) is 10.9. The zero-order valence-electron chi connectivity index (χ0n) is 23.7. The first-order valence-corrected chi connectivity index (χ1v) is 19.1. The molecule has 48 heavy (non-hydrogen) atoms. The zero-order valence-corrected chi connectivity index (χ0v) is 27.2. The van der Waals surface area contributed by atoms with Crippen LogP contribution in [0.3, 0.4) is 0 Å². The first kappa shape index (κ1) is 32.5. The van der Waals surface area contributed by atoms with Crippen LogP contribution in [0.5, 0.6) is 0 Å². The highest BCUT2D eigenvalue weighted by Crippen LogP contribution is 2.73. The van der Waals surface area contributed by atoms with Crippen molar-refractivity contribution in [3.8, 4) is 0 Å². The van der Waals surface area contributed by atoms with E-state index in [4.69, 9.17) is 56.9 Å². The maximum Gasteiger partial charge on any atom is 0.325 e. The number of aromatic nitrogens is 8. The van der Waals surface area contributed by atoms with Crippen molar-refractivity contribution in [1.29, 1.82) is 0 Å². The molecule has 4 aromatic rings. The number of hydrogen-bond acceptors (Lipinski definition) is 16. The third kappa shape index (κ3) is 5.01. The van der Waals surface area contributed by atoms with E-state index < -0.39 is 98.5 Å². The molecule has 2 unspecified atom stereocenters. The normalized spacial score (nSPS) is 39.6. The summed E-state index contributed by atoms with van der Waals surface area (Å²) in [7, 11) is 0. The smallest absolute Gasteiger partial charge is 0.325 e. The van der Waals surface area contributed by atoms with Crippen molar-refractivity contribution in [2.45, 2.75) is 55.3 Å². The summed E-state index contributed by atoms with van der Waals surface area (Å²) in [6.07, 6.45) is -8.13. The molecule has 4 aromatic heterocycles. The first-order valence-electron chi connectivity index (χ1n) is 13.9. The molecule has 10 atom stereocenters. The first-order chi connectivity index (χ1) is 22.6. The second-order valence-corrected chi connectivity index (χ2v) is 17.0. The van der Waals surface area contributed by atoms with Gasteiger partial charge in [0.2, 0.25) is 5.95 Å². The number of imidazole rings is 2. The topological polar surface area (TPSA) is 269 Å². The van der Waals surface area contributed by atoms with Crippen molar-refractivity contribution >= 4 is 65.3 Å². The molecule has 3 saturated heterocycles. The van der Waals surface area contributed by atoms with Gasteiger partial charge in [-0.3, -0.25) is 32.8 Å². The minimum absolute atomic E-state index is 0.0468. The summed E-state index contributed by atoms with van der Waals surface area (Å²) >= 11 is 10.5. The van der Waals surface area contributed by atoms with Crippen LogP contribution in [0.4, 0.5) is 14.7 Å². The molecule has 26 heteroatoms. The quantitative estimate of drug-likeness (QED) is 0.138. The van der Waals surface area contributed by atoms with E-state index in [1.807, 2.05) is 0 Å². The van der Waals surface area contributed by atoms with Crippen LogP contribution in [-0.2, 0) is 51.2 Å². The number of H-pyrrole nitrogens is 2. The van der Waals surface area contributed by atoms with Crippen LogP contribution in [0.25, 0.3) is 22.3 Å². The number of anilines is 1. The van der Waals surface area contributed by atoms with E-state index in [0.29, 0.717) is 0 Å². The largest absolute Gasteiger partial charge is 0.386 e. The van der Waals surface area contributed by atoms with E-state index in [-0.39, 0.29) is 28.3 Å². The van der Waals surface area contributed by atoms with E-state index >= 15 is 8.78 Å². The van der Waals surface area contributed by atoms with Gasteiger partial charge in [0.15, 0.2) is 34.8 Å². The number of ether oxygens (including phenoxy) is 2. The van der Waals surface area contributed by atoms with Crippen molar-refractivity contribution in [1.82, 2.24) is 39.0 Å². The van der Waals surface area contributed by atoms with Gasteiger partial charge < -0.3 is 44.1 Å². The molecule has 0 aromatic carbocycles. The minimum Gasteiger partial charge on any atom is -0.386 e. The summed E-state index contributed by atoms with van der Waals surface area (Å²) in [5.41, 5.74) is 1.87. The minimum atomic E-state index is -4.47. The van der Waals surface area contributed by atoms with Crippen LogP contribution in [-0.4, -0.2) is 104 Å². The fourth-order valence-electron chi connectivity index (χ4n) is 6.41. The Balaban J connectivity index is 1.16. The summed E-state index contributed by atoms with van der Waals surface area (Å²) in [5, 5.41) is 11.3. The van der Waals surface area contributed by atoms with Crippen LogP contribution in [0.15, 0.2) is 28.6 Å². The van der Waals surface area contributed by atoms with Crippen LogP contribution >= 0.6 is 13.4 Å². The molecule has 8 rings (SSSR count). The Kier molecular flexibility index (Phi) is 7.38. The van der Waals surface area contributed by atoms with E-state index in [9.17, 15) is 24.5 Å². The van der Waals surface area contributed by atoms with E-state index in [0.717, 1.165) is 19.0 Å². The van der Waals surface area contributed by atoms with Gasteiger partial charge in [-0.15, -0.1) is 0 Å². The summed E-state index contributed by atoms with van der Waals surface area (Å²) in [6, 6.07) is 0. The maximum absolute atomic E-state index is 15.4. The molecule has 1 spiro atoms. The number of halogens is 2. The predicted molar refractivity (Wildman–Crippen MR) is 161 cm³/mol. The molecule has 3 aliphatic heterocycles. The number of fused-ring (bicyclic) bond motifs is 3. The van der Waals surface area contributed by atoms with Crippen molar-refractivity contribution in [3.63, 3.8) is 0 Å². The van der Waals surface area contributed by atoms with Crippen molar-refractivity contribution < 1.29 is 51.2 Å². The second-order valence-electron chi connectivity index (χ2n) is 11.4. The molecule has 20 nitrogen and oxygen atoms in total. The Labute approximate surface area is 274 Å². The van der Waals surface area contributed by atoms with E-state index in [2.05, 4.69) is 29.9 Å². The Hall–Kier alpha value is -2.70. The van der Waals surface area contributed by atoms with Crippen LogP contribution in [0.2, 0.25) is 0 Å². The molecule has 1 saturated carbocycles. The number of nitrogens with one attached hydrogen (secondary N) is 2. The van der Waals surface area contributed by atoms with Gasteiger partial charge in [-0.05, 0) is 23.6 Å². The number of alkyl halides is 2. The average molecular weight is 754 g/mol. The molecule has 7 N–H and O–H groups in total. The number of aliphatic hydroxyl groups excluding tert-OH is 1. The van der Waals surface area contributed by atoms with Gasteiger partial charge >= 0.3 is 13.4 Å². The van der Waals surface area contributed by atoms with Crippen molar-refractivity contribution in [2.24, 2.45) is 5.41 Å². The van der Waals surface area contributed by atoms with Gasteiger partial charge in [-0.25, -0.2) is 23.7 Å². The molecular formula is C22H23F2N9O11P2S2. The summed E-state index contributed by atoms with van der Waals surface area (Å²) in [5.74, 6) is -3.69. The molecule has 0 radical (unpaired) electrons. The molecular weight excluding hydrogens is 730 g/mol. The maximum atomic E-state index is 15.4. The SMILES string of the molecule is Nc1nc2c(ncn2[C@@H]2O[C@@H]3COP(O)(=S)O[C@H]4[C@H](n5cnc6c(=O)[nH]cnc65)O[C@H](COP(O)(=S)O[C@H]3[C@H]2O)[C@@]42CC2(F)F)c(=O)[nH]1. The van der Waals surface area contributed by atoms with Crippen LogP contribution in [0, 0.1) is 5.41 Å². The number of nitrogens with zero attached hydrogens (tertiary/aromatic N) is 6. The Bertz CT molecular complexity index is 2190. The number of nitrogen functional groups attached to an aromatic ring is 1. The average Bonchev–Trinajstić information content (AvgIpc) is 3.49. The van der Waals surface area contributed by atoms with Gasteiger partial charge in [-0.1, -0.05) is 0 Å². The Morgan fingerprint density at radius 2 is 1.60 bits per heavy atom. The standard InChI is InChI=1S/C22H23F2N9O11P2S2/c23-22(24)3-21(22)8-2-40-45(37,47)43-12-7(41-18(11(12)34)33-6-29-10-15(33)30-20(25)31-17(10)36)1-39-46(38,48)44-13(21)19(42-8)32-5-28-9-14(32)26-4-27-16(9)35/h4-8,11-13,18-19,34H,1-3H2,(H,37,47)(H,38,48)(H,26,27,35)(H3,25,30,31,36)/t7-,8-,11-,12-,13+,18-,19-,21+,45?,46?/m1/s1. The number of rotatable bonds is 2. The lowest BCUT2D eigenvalue weighted by Gasteiger charge is -2.29. The summed E-state index contributed by atoms with van der Waals surface area (Å²) < 4.78 is 67.6.